The summed E-state index contributed by atoms with van der Waals surface area (Å²) in [7, 11) is 0. The number of nitrogens with zero attached hydrogens (tertiary/aromatic N) is 1. The van der Waals surface area contributed by atoms with Crippen LogP contribution in [0.1, 0.15) is 25.8 Å². The normalized spacial score (nSPS) is 24.6. The van der Waals surface area contributed by atoms with Crippen molar-refractivity contribution in [3.05, 3.63) is 35.9 Å². The molecular weight excluding hydrogens is 256 g/mol. The van der Waals surface area contributed by atoms with Gasteiger partial charge in [-0.1, -0.05) is 44.2 Å². The number of likely N-dealkylation sites (tertiary alicyclic amines) is 1. The molecule has 1 aromatic carbocycles. The van der Waals surface area contributed by atoms with Crippen LogP contribution in [0.25, 0.3) is 0 Å². The van der Waals surface area contributed by atoms with Crippen LogP contribution in [0.15, 0.2) is 30.3 Å². The second-order valence-corrected chi connectivity index (χ2v) is 5.95. The number of carbonyl (C=O) groups is 2. The summed E-state index contributed by atoms with van der Waals surface area (Å²) in [6, 6.07) is 9.40. The lowest BCUT2D eigenvalue weighted by Crippen LogP contribution is -2.63. The van der Waals surface area contributed by atoms with E-state index < -0.39 is 23.0 Å². The molecule has 1 heterocycles. The highest BCUT2D eigenvalue weighted by atomic mass is 16.4. The van der Waals surface area contributed by atoms with E-state index in [9.17, 15) is 14.7 Å². The molecule has 20 heavy (non-hydrogen) atoms. The zero-order valence-corrected chi connectivity index (χ0v) is 11.8. The molecular formula is C15H20N2O3. The Morgan fingerprint density at radius 2 is 1.90 bits per heavy atom. The number of nitrogens with two attached hydrogens (primary N) is 1. The zero-order valence-electron chi connectivity index (χ0n) is 11.8. The molecule has 5 heteroatoms. The minimum atomic E-state index is -1.19. The molecule has 0 spiro atoms. The fourth-order valence-electron chi connectivity index (χ4n) is 3.19. The molecule has 1 saturated heterocycles. The molecule has 1 aliphatic rings. The standard InChI is InChI=1S/C15H20N2O3/c1-14(2)8-9-17(13(19)20)15(14,12(16)18)10-11-6-4-3-5-7-11/h3-7H,8-10H2,1-2H3,(H2,16,18)(H,19,20)/t15-/m1/s1. The van der Waals surface area contributed by atoms with Gasteiger partial charge in [-0.05, 0) is 17.4 Å². The Balaban J connectivity index is 2.51. The highest BCUT2D eigenvalue weighted by Crippen LogP contribution is 2.47. The van der Waals surface area contributed by atoms with E-state index in [2.05, 4.69) is 0 Å². The lowest BCUT2D eigenvalue weighted by molar-refractivity contribution is -0.132. The number of hydrogen-bond acceptors (Lipinski definition) is 2. The average Bonchev–Trinajstić information content (AvgIpc) is 2.63. The number of carbonyl (C=O) groups excluding carboxylic acids is 1. The molecule has 2 amide bonds. The van der Waals surface area contributed by atoms with Gasteiger partial charge in [-0.25, -0.2) is 4.79 Å². The minimum Gasteiger partial charge on any atom is -0.465 e. The van der Waals surface area contributed by atoms with Crippen molar-refractivity contribution in [1.82, 2.24) is 4.90 Å². The minimum absolute atomic E-state index is 0.308. The Kier molecular flexibility index (Phi) is 3.46. The van der Waals surface area contributed by atoms with E-state index in [1.807, 2.05) is 44.2 Å². The summed E-state index contributed by atoms with van der Waals surface area (Å²) in [5, 5.41) is 9.43. The molecule has 3 N–H and O–H groups in total. The van der Waals surface area contributed by atoms with E-state index in [0.717, 1.165) is 5.56 Å². The monoisotopic (exact) mass is 276 g/mol. The van der Waals surface area contributed by atoms with E-state index in [0.29, 0.717) is 19.4 Å². The SMILES string of the molecule is CC1(C)CCN(C(=O)O)[C@]1(Cc1ccccc1)C(N)=O. The van der Waals surface area contributed by atoms with E-state index in [1.54, 1.807) is 0 Å². The van der Waals surface area contributed by atoms with Crippen molar-refractivity contribution >= 4 is 12.0 Å². The van der Waals surface area contributed by atoms with Crippen LogP contribution in [0, 0.1) is 5.41 Å². The largest absolute Gasteiger partial charge is 0.465 e. The Labute approximate surface area is 118 Å². The van der Waals surface area contributed by atoms with Gasteiger partial charge in [0, 0.05) is 13.0 Å². The molecule has 2 rings (SSSR count). The first-order valence-corrected chi connectivity index (χ1v) is 6.66. The number of hydrogen-bond donors (Lipinski definition) is 2. The molecule has 0 bridgehead atoms. The summed E-state index contributed by atoms with van der Waals surface area (Å²) >= 11 is 0. The summed E-state index contributed by atoms with van der Waals surface area (Å²) in [6.07, 6.45) is -0.164. The van der Waals surface area contributed by atoms with E-state index >= 15 is 0 Å². The van der Waals surface area contributed by atoms with Crippen molar-refractivity contribution in [3.8, 4) is 0 Å². The molecule has 0 radical (unpaired) electrons. The van der Waals surface area contributed by atoms with Gasteiger partial charge in [-0.3, -0.25) is 9.69 Å². The van der Waals surface area contributed by atoms with Crippen molar-refractivity contribution in [3.63, 3.8) is 0 Å². The van der Waals surface area contributed by atoms with Gasteiger partial charge >= 0.3 is 6.09 Å². The van der Waals surface area contributed by atoms with Gasteiger partial charge in [0.15, 0.2) is 0 Å². The maximum absolute atomic E-state index is 12.2. The molecule has 1 atom stereocenters. The fraction of sp³-hybridized carbons (Fsp3) is 0.467. The predicted octanol–water partition coefficient (Wildman–Crippen LogP) is 1.86. The van der Waals surface area contributed by atoms with Crippen molar-refractivity contribution in [2.45, 2.75) is 32.2 Å². The van der Waals surface area contributed by atoms with Crippen LogP contribution in [-0.4, -0.2) is 34.1 Å². The van der Waals surface area contributed by atoms with Gasteiger partial charge in [0.05, 0.1) is 0 Å². The predicted molar refractivity (Wildman–Crippen MR) is 75.2 cm³/mol. The lowest BCUT2D eigenvalue weighted by Gasteiger charge is -2.43. The number of amides is 2. The summed E-state index contributed by atoms with van der Waals surface area (Å²) in [6.45, 7) is 4.14. The first kappa shape index (κ1) is 14.4. The van der Waals surface area contributed by atoms with Gasteiger partial charge in [0.25, 0.3) is 0 Å². The van der Waals surface area contributed by atoms with Crippen molar-refractivity contribution in [2.24, 2.45) is 11.1 Å². The maximum Gasteiger partial charge on any atom is 0.408 e. The molecule has 0 aromatic heterocycles. The summed E-state index contributed by atoms with van der Waals surface area (Å²) in [5.74, 6) is -0.578. The van der Waals surface area contributed by atoms with Crippen molar-refractivity contribution in [1.29, 1.82) is 0 Å². The summed E-state index contributed by atoms with van der Waals surface area (Å²) in [4.78, 5) is 24.9. The highest BCUT2D eigenvalue weighted by Gasteiger charge is 2.59. The first-order chi connectivity index (χ1) is 9.31. The highest BCUT2D eigenvalue weighted by molar-refractivity contribution is 5.90. The average molecular weight is 276 g/mol. The van der Waals surface area contributed by atoms with Crippen LogP contribution < -0.4 is 5.73 Å². The van der Waals surface area contributed by atoms with Crippen LogP contribution in [-0.2, 0) is 11.2 Å². The summed E-state index contributed by atoms with van der Waals surface area (Å²) in [5.41, 5.74) is 4.86. The van der Waals surface area contributed by atoms with Gasteiger partial charge in [-0.2, -0.15) is 0 Å². The van der Waals surface area contributed by atoms with Gasteiger partial charge in [0.1, 0.15) is 5.54 Å². The maximum atomic E-state index is 12.2. The molecule has 108 valence electrons. The lowest BCUT2D eigenvalue weighted by atomic mass is 9.69. The molecule has 1 aliphatic heterocycles. The quantitative estimate of drug-likeness (QED) is 0.883. The van der Waals surface area contributed by atoms with Crippen LogP contribution in [0.3, 0.4) is 0 Å². The smallest absolute Gasteiger partial charge is 0.408 e. The van der Waals surface area contributed by atoms with Crippen LogP contribution in [0.2, 0.25) is 0 Å². The second kappa shape index (κ2) is 4.81. The summed E-state index contributed by atoms with van der Waals surface area (Å²) < 4.78 is 0. The van der Waals surface area contributed by atoms with Crippen molar-refractivity contribution < 1.29 is 14.7 Å². The van der Waals surface area contributed by atoms with E-state index in [4.69, 9.17) is 5.73 Å². The van der Waals surface area contributed by atoms with Crippen LogP contribution >= 0.6 is 0 Å². The molecule has 1 aromatic rings. The third-order valence-corrected chi connectivity index (χ3v) is 4.48. The molecule has 0 unspecified atom stereocenters. The van der Waals surface area contributed by atoms with Crippen molar-refractivity contribution in [2.75, 3.05) is 6.54 Å². The van der Waals surface area contributed by atoms with E-state index in [1.165, 1.54) is 4.90 Å². The number of carboxylic acid groups (broad SMARTS) is 1. The Hall–Kier alpha value is -2.04. The number of rotatable bonds is 3. The molecule has 0 aliphatic carbocycles. The fourth-order valence-corrected chi connectivity index (χ4v) is 3.19. The first-order valence-electron chi connectivity index (χ1n) is 6.66. The van der Waals surface area contributed by atoms with Gasteiger partial charge in [-0.15, -0.1) is 0 Å². The Morgan fingerprint density at radius 1 is 1.30 bits per heavy atom. The van der Waals surface area contributed by atoms with Gasteiger partial charge in [0.2, 0.25) is 5.91 Å². The molecule has 5 nitrogen and oxygen atoms in total. The van der Waals surface area contributed by atoms with E-state index in [-0.39, 0.29) is 0 Å². The number of primary amides is 1. The zero-order chi connectivity index (χ0) is 15.0. The van der Waals surface area contributed by atoms with Crippen LogP contribution in [0.5, 0.6) is 0 Å². The van der Waals surface area contributed by atoms with Gasteiger partial charge < -0.3 is 10.8 Å². The van der Waals surface area contributed by atoms with Crippen LogP contribution in [0.4, 0.5) is 4.79 Å². The Bertz CT molecular complexity index is 527. The molecule has 0 saturated carbocycles. The Morgan fingerprint density at radius 3 is 2.40 bits per heavy atom. The third-order valence-electron chi connectivity index (χ3n) is 4.48. The number of benzene rings is 1. The molecule has 1 fully saturated rings. The second-order valence-electron chi connectivity index (χ2n) is 5.95. The topological polar surface area (TPSA) is 83.6 Å². The third kappa shape index (κ3) is 2.03.